The molecule has 1 unspecified atom stereocenters. The lowest BCUT2D eigenvalue weighted by molar-refractivity contribution is 0.0657. The van der Waals surface area contributed by atoms with Crippen LogP contribution in [-0.4, -0.2) is 55.5 Å². The number of nitrogens with zero attached hydrogens (tertiary/aromatic N) is 2. The number of guanidine groups is 1. The van der Waals surface area contributed by atoms with Crippen LogP contribution in [0, 0.1) is 6.92 Å². The van der Waals surface area contributed by atoms with Crippen molar-refractivity contribution in [1.82, 2.24) is 15.5 Å². The normalized spacial score (nSPS) is 14.1. The molecule has 0 aromatic heterocycles. The average Bonchev–Trinajstić information content (AvgIpc) is 2.95. The fourth-order valence-electron chi connectivity index (χ4n) is 3.15. The molecule has 1 heterocycles. The van der Waals surface area contributed by atoms with Crippen LogP contribution in [0.2, 0.25) is 0 Å². The molecule has 8 heteroatoms. The number of halogens is 1. The van der Waals surface area contributed by atoms with Crippen molar-refractivity contribution in [3.05, 3.63) is 65.2 Å². The number of carbonyl (C=O) groups is 2. The third kappa shape index (κ3) is 5.71. The van der Waals surface area contributed by atoms with Crippen LogP contribution >= 0.6 is 24.0 Å². The highest BCUT2D eigenvalue weighted by molar-refractivity contribution is 14.0. The van der Waals surface area contributed by atoms with Crippen LogP contribution in [0.3, 0.4) is 0 Å². The minimum atomic E-state index is -0.254. The molecule has 0 bridgehead atoms. The standard InChI is InChI=1S/C22H26N4O3.HI/c1-15-7-6-8-17(13-15)29-16(2)14-25-22(23-3)24-11-12-26-20(27)18-9-4-5-10-19(18)21(26)28;/h4-10,13,16H,11-12,14H2,1-3H3,(H2,23,24,25);1H. The Labute approximate surface area is 193 Å². The summed E-state index contributed by atoms with van der Waals surface area (Å²) in [6, 6.07) is 14.8. The fourth-order valence-corrected chi connectivity index (χ4v) is 3.15. The predicted octanol–water partition coefficient (Wildman–Crippen LogP) is 2.84. The van der Waals surface area contributed by atoms with E-state index in [0.29, 0.717) is 30.2 Å². The summed E-state index contributed by atoms with van der Waals surface area (Å²) in [5.74, 6) is 0.903. The lowest BCUT2D eigenvalue weighted by atomic mass is 10.1. The van der Waals surface area contributed by atoms with Gasteiger partial charge in [0.25, 0.3) is 11.8 Å². The first-order valence-electron chi connectivity index (χ1n) is 9.62. The molecular formula is C22H27IN4O3. The molecule has 30 heavy (non-hydrogen) atoms. The quantitative estimate of drug-likeness (QED) is 0.253. The molecule has 2 aromatic rings. The number of nitrogens with one attached hydrogen (secondary N) is 2. The number of aliphatic imine (C=N–C) groups is 1. The van der Waals surface area contributed by atoms with Crippen molar-refractivity contribution in [1.29, 1.82) is 0 Å². The van der Waals surface area contributed by atoms with Gasteiger partial charge in [-0.15, -0.1) is 24.0 Å². The van der Waals surface area contributed by atoms with Gasteiger partial charge in [-0.3, -0.25) is 19.5 Å². The van der Waals surface area contributed by atoms with Crippen molar-refractivity contribution in [3.8, 4) is 5.75 Å². The van der Waals surface area contributed by atoms with Crippen molar-refractivity contribution in [2.75, 3.05) is 26.7 Å². The molecule has 2 aromatic carbocycles. The third-order valence-electron chi connectivity index (χ3n) is 4.61. The van der Waals surface area contributed by atoms with Gasteiger partial charge in [0.2, 0.25) is 0 Å². The Kier molecular flexibility index (Phi) is 8.64. The SMILES string of the molecule is CN=C(NCCN1C(=O)c2ccccc2C1=O)NCC(C)Oc1cccc(C)c1.I. The number of hydrogen-bond acceptors (Lipinski definition) is 4. The van der Waals surface area contributed by atoms with Crippen LogP contribution in [0.25, 0.3) is 0 Å². The van der Waals surface area contributed by atoms with E-state index in [1.54, 1.807) is 31.3 Å². The van der Waals surface area contributed by atoms with E-state index >= 15 is 0 Å². The largest absolute Gasteiger partial charge is 0.489 e. The highest BCUT2D eigenvalue weighted by Gasteiger charge is 2.34. The van der Waals surface area contributed by atoms with Gasteiger partial charge in [0.05, 0.1) is 17.7 Å². The van der Waals surface area contributed by atoms with E-state index in [1.807, 2.05) is 38.1 Å². The van der Waals surface area contributed by atoms with E-state index in [1.165, 1.54) is 4.90 Å². The first-order valence-corrected chi connectivity index (χ1v) is 9.62. The molecule has 0 aliphatic carbocycles. The maximum Gasteiger partial charge on any atom is 0.261 e. The van der Waals surface area contributed by atoms with Crippen LogP contribution in [0.4, 0.5) is 0 Å². The maximum absolute atomic E-state index is 12.4. The number of aryl methyl sites for hydroxylation is 1. The molecule has 0 saturated carbocycles. The molecule has 0 radical (unpaired) electrons. The van der Waals surface area contributed by atoms with Crippen LogP contribution < -0.4 is 15.4 Å². The Morgan fingerprint density at radius 3 is 2.33 bits per heavy atom. The maximum atomic E-state index is 12.4. The van der Waals surface area contributed by atoms with Gasteiger partial charge in [-0.2, -0.15) is 0 Å². The molecule has 2 N–H and O–H groups in total. The van der Waals surface area contributed by atoms with Gasteiger partial charge in [-0.25, -0.2) is 0 Å². The van der Waals surface area contributed by atoms with Crippen molar-refractivity contribution in [2.45, 2.75) is 20.0 Å². The number of rotatable bonds is 7. The van der Waals surface area contributed by atoms with Crippen LogP contribution in [-0.2, 0) is 0 Å². The van der Waals surface area contributed by atoms with E-state index < -0.39 is 0 Å². The first-order chi connectivity index (χ1) is 14.0. The third-order valence-corrected chi connectivity index (χ3v) is 4.61. The van der Waals surface area contributed by atoms with Gasteiger partial charge in [-0.1, -0.05) is 24.3 Å². The van der Waals surface area contributed by atoms with Crippen molar-refractivity contribution in [2.24, 2.45) is 4.99 Å². The van der Waals surface area contributed by atoms with Crippen LogP contribution in [0.15, 0.2) is 53.5 Å². The smallest absolute Gasteiger partial charge is 0.261 e. The second-order valence-corrected chi connectivity index (χ2v) is 6.93. The summed E-state index contributed by atoms with van der Waals surface area (Å²) in [5.41, 5.74) is 2.07. The molecule has 1 aliphatic heterocycles. The number of ether oxygens (including phenoxy) is 1. The number of carbonyl (C=O) groups excluding carboxylic acids is 2. The number of imide groups is 1. The van der Waals surface area contributed by atoms with Crippen molar-refractivity contribution >= 4 is 41.8 Å². The first kappa shape index (κ1) is 23.7. The molecule has 2 amide bonds. The molecule has 0 fully saturated rings. The minimum absolute atomic E-state index is 0. The van der Waals surface area contributed by atoms with E-state index in [4.69, 9.17) is 4.74 Å². The average molecular weight is 522 g/mol. The van der Waals surface area contributed by atoms with Gasteiger partial charge in [0, 0.05) is 20.1 Å². The monoisotopic (exact) mass is 522 g/mol. The Morgan fingerprint density at radius 1 is 1.07 bits per heavy atom. The molecule has 3 rings (SSSR count). The Balaban J connectivity index is 0.00000320. The second kappa shape index (κ2) is 11.0. The summed E-state index contributed by atoms with van der Waals surface area (Å²) in [7, 11) is 1.67. The highest BCUT2D eigenvalue weighted by Crippen LogP contribution is 2.21. The topological polar surface area (TPSA) is 83.0 Å². The van der Waals surface area contributed by atoms with E-state index in [9.17, 15) is 9.59 Å². The zero-order valence-corrected chi connectivity index (χ0v) is 19.7. The van der Waals surface area contributed by atoms with Gasteiger partial charge >= 0.3 is 0 Å². The number of fused-ring (bicyclic) bond motifs is 1. The van der Waals surface area contributed by atoms with Gasteiger partial charge in [0.1, 0.15) is 11.9 Å². The Morgan fingerprint density at radius 2 is 1.73 bits per heavy atom. The minimum Gasteiger partial charge on any atom is -0.489 e. The van der Waals surface area contributed by atoms with E-state index in [-0.39, 0.29) is 48.4 Å². The van der Waals surface area contributed by atoms with Gasteiger partial charge in [0.15, 0.2) is 5.96 Å². The van der Waals surface area contributed by atoms with Crippen molar-refractivity contribution in [3.63, 3.8) is 0 Å². The summed E-state index contributed by atoms with van der Waals surface area (Å²) in [6.45, 7) is 5.22. The summed E-state index contributed by atoms with van der Waals surface area (Å²) < 4.78 is 5.90. The van der Waals surface area contributed by atoms with Crippen molar-refractivity contribution < 1.29 is 14.3 Å². The van der Waals surface area contributed by atoms with E-state index in [0.717, 1.165) is 11.3 Å². The summed E-state index contributed by atoms with van der Waals surface area (Å²) in [6.07, 6.45) is -0.0633. The highest BCUT2D eigenvalue weighted by atomic mass is 127. The molecule has 160 valence electrons. The van der Waals surface area contributed by atoms with Crippen LogP contribution in [0.1, 0.15) is 33.2 Å². The molecule has 1 aliphatic rings. The number of hydrogen-bond donors (Lipinski definition) is 2. The van der Waals surface area contributed by atoms with E-state index in [2.05, 4.69) is 15.6 Å². The fraction of sp³-hybridized carbons (Fsp3) is 0.318. The van der Waals surface area contributed by atoms with Crippen LogP contribution in [0.5, 0.6) is 5.75 Å². The van der Waals surface area contributed by atoms with Gasteiger partial charge in [-0.05, 0) is 43.7 Å². The molecule has 0 saturated heterocycles. The van der Waals surface area contributed by atoms with Gasteiger partial charge < -0.3 is 15.4 Å². The zero-order valence-electron chi connectivity index (χ0n) is 17.3. The molecule has 0 spiro atoms. The number of benzene rings is 2. The summed E-state index contributed by atoms with van der Waals surface area (Å²) in [4.78, 5) is 30.2. The second-order valence-electron chi connectivity index (χ2n) is 6.93. The molecular weight excluding hydrogens is 495 g/mol. The summed E-state index contributed by atoms with van der Waals surface area (Å²) >= 11 is 0. The summed E-state index contributed by atoms with van der Waals surface area (Å²) in [5, 5.41) is 6.32. The molecule has 1 atom stereocenters. The number of amides is 2. The predicted molar refractivity (Wildman–Crippen MR) is 128 cm³/mol. The zero-order chi connectivity index (χ0) is 20.8. The lowest BCUT2D eigenvalue weighted by Gasteiger charge is -2.19. The lowest BCUT2D eigenvalue weighted by Crippen LogP contribution is -2.45. The molecule has 7 nitrogen and oxygen atoms in total. The Hall–Kier alpha value is -2.62. The Bertz CT molecular complexity index is 897.